The fourth-order valence-corrected chi connectivity index (χ4v) is 5.33. The van der Waals surface area contributed by atoms with Gasteiger partial charge in [0.25, 0.3) is 10.1 Å². The summed E-state index contributed by atoms with van der Waals surface area (Å²) in [6, 6.07) is 13.6. The van der Waals surface area contributed by atoms with Gasteiger partial charge in [-0.25, -0.2) is 15.3 Å². The molecule has 0 saturated heterocycles. The molecule has 0 fully saturated rings. The Labute approximate surface area is 254 Å². The number of aromatic hydroxyl groups is 1. The zero-order valence-electron chi connectivity index (χ0n) is 20.8. The van der Waals surface area contributed by atoms with E-state index in [2.05, 4.69) is 39.2 Å². The molecule has 20 heteroatoms. The first-order valence-corrected chi connectivity index (χ1v) is 14.4. The molecule has 0 aliphatic carbocycles. The van der Waals surface area contributed by atoms with E-state index in [9.17, 15) is 28.0 Å². The van der Waals surface area contributed by atoms with Crippen LogP contribution in [0.15, 0.2) is 95.8 Å². The lowest BCUT2D eigenvalue weighted by Gasteiger charge is -2.11. The first-order valence-electron chi connectivity index (χ1n) is 11.1. The van der Waals surface area contributed by atoms with E-state index in [1.54, 1.807) is 24.3 Å². The Balaban J connectivity index is 1.69. The minimum absolute atomic E-state index is 0.00397. The van der Waals surface area contributed by atoms with Crippen molar-refractivity contribution in [1.29, 1.82) is 0 Å². The largest absolute Gasteiger partial charge is 0.505 e. The molecule has 4 rings (SSSR count). The van der Waals surface area contributed by atoms with E-state index in [1.807, 2.05) is 0 Å². The third-order valence-corrected chi connectivity index (χ3v) is 7.81. The van der Waals surface area contributed by atoms with E-state index in [0.29, 0.717) is 22.6 Å². The summed E-state index contributed by atoms with van der Waals surface area (Å²) in [5, 5.41) is 60.2. The Bertz CT molecular complexity index is 1840. The van der Waals surface area contributed by atoms with Crippen LogP contribution in [0.5, 0.6) is 5.75 Å². The first kappa shape index (κ1) is 32.2. The van der Waals surface area contributed by atoms with Crippen LogP contribution in [-0.4, -0.2) is 39.7 Å². The van der Waals surface area contributed by atoms with Gasteiger partial charge in [0.05, 0.1) is 50.9 Å². The molecule has 4 aromatic rings. The maximum atomic E-state index is 12.0. The van der Waals surface area contributed by atoms with Gasteiger partial charge in [-0.2, -0.15) is 18.6 Å². The lowest BCUT2D eigenvalue weighted by molar-refractivity contribution is -0.432. The number of hydrogen-bond acceptors (Lipinski definition) is 16. The molecule has 0 bridgehead atoms. The van der Waals surface area contributed by atoms with Crippen molar-refractivity contribution in [3.63, 3.8) is 0 Å². The van der Waals surface area contributed by atoms with Gasteiger partial charge in [0.2, 0.25) is 0 Å². The van der Waals surface area contributed by atoms with Crippen molar-refractivity contribution in [3.8, 4) is 5.75 Å². The lowest BCUT2D eigenvalue weighted by Crippen LogP contribution is -1.99. The Morgan fingerprint density at radius 1 is 0.837 bits per heavy atom. The molecule has 0 aromatic heterocycles. The molecule has 0 unspecified atom stereocenters. The highest BCUT2D eigenvalue weighted by atomic mass is 35.5. The quantitative estimate of drug-likeness (QED) is 0.0317. The Morgan fingerprint density at radius 3 is 2.14 bits per heavy atom. The average molecular weight is 671 g/mol. The molecule has 224 valence electrons. The van der Waals surface area contributed by atoms with Crippen LogP contribution in [0.2, 0.25) is 5.02 Å². The van der Waals surface area contributed by atoms with Crippen molar-refractivity contribution >= 4 is 85.3 Å². The van der Waals surface area contributed by atoms with Crippen LogP contribution in [0.25, 0.3) is 10.8 Å². The van der Waals surface area contributed by atoms with Gasteiger partial charge in [-0.3, -0.25) is 4.55 Å². The second kappa shape index (κ2) is 14.2. The number of phenolic OH excluding ortho intramolecular Hbond substituents is 1. The zero-order valence-corrected chi connectivity index (χ0v) is 24.0. The summed E-state index contributed by atoms with van der Waals surface area (Å²) >= 11 is 7.09. The van der Waals surface area contributed by atoms with Crippen molar-refractivity contribution in [2.24, 2.45) is 20.5 Å². The van der Waals surface area contributed by atoms with Crippen LogP contribution in [0.3, 0.4) is 0 Å². The van der Waals surface area contributed by atoms with E-state index < -0.39 is 31.8 Å². The topological polar surface area (TPSA) is 239 Å². The predicted octanol–water partition coefficient (Wildman–Crippen LogP) is 7.83. The monoisotopic (exact) mass is 670 g/mol. The van der Waals surface area contributed by atoms with Crippen LogP contribution >= 0.6 is 35.7 Å². The highest BCUT2D eigenvalue weighted by molar-refractivity contribution is 7.94. The van der Waals surface area contributed by atoms with Gasteiger partial charge < -0.3 is 10.2 Å². The molecule has 0 radical (unpaired) electrons. The molecule has 5 N–H and O–H groups in total. The number of nitrogens with zero attached hydrogens (tertiary/aromatic N) is 4. The summed E-state index contributed by atoms with van der Waals surface area (Å²) in [6.07, 6.45) is 0. The van der Waals surface area contributed by atoms with Crippen molar-refractivity contribution in [2.45, 2.75) is 14.7 Å². The third-order valence-electron chi connectivity index (χ3n) is 5.28. The zero-order chi connectivity index (χ0) is 31.1. The molecular weight excluding hydrogens is 656 g/mol. The number of phenols is 1. The normalized spacial score (nSPS) is 12.1. The summed E-state index contributed by atoms with van der Waals surface area (Å²) in [6.45, 7) is 0. The SMILES string of the molecule is O=C(O)c1cc(N=Nc2ccc(SOOO)cc2)ccc1N=Nc1c(SOOO)cc2cc(S(=O)(=O)O)c(Cl)cc2c1O. The van der Waals surface area contributed by atoms with Crippen LogP contribution in [0.1, 0.15) is 10.4 Å². The number of aromatic carboxylic acids is 1. The van der Waals surface area contributed by atoms with Gasteiger partial charge >= 0.3 is 5.97 Å². The number of azo groups is 2. The minimum atomic E-state index is -4.71. The fourth-order valence-electron chi connectivity index (χ4n) is 3.44. The predicted molar refractivity (Wildman–Crippen MR) is 150 cm³/mol. The highest BCUT2D eigenvalue weighted by Crippen LogP contribution is 2.45. The number of carboxylic acids is 1. The third kappa shape index (κ3) is 8.01. The molecule has 0 amide bonds. The van der Waals surface area contributed by atoms with E-state index >= 15 is 0 Å². The first-order chi connectivity index (χ1) is 20.5. The summed E-state index contributed by atoms with van der Waals surface area (Å²) < 4.78 is 41.5. The van der Waals surface area contributed by atoms with Crippen LogP contribution in [0.4, 0.5) is 22.7 Å². The Hall–Kier alpha value is -3.73. The van der Waals surface area contributed by atoms with Crippen molar-refractivity contribution in [3.05, 3.63) is 71.2 Å². The van der Waals surface area contributed by atoms with Gasteiger partial charge in [-0.15, -0.1) is 18.9 Å². The van der Waals surface area contributed by atoms with Crippen molar-refractivity contribution in [1.82, 2.24) is 0 Å². The smallest absolute Gasteiger partial charge is 0.338 e. The summed E-state index contributed by atoms with van der Waals surface area (Å²) in [7, 11) is -4.71. The van der Waals surface area contributed by atoms with Crippen molar-refractivity contribution < 1.29 is 57.2 Å². The van der Waals surface area contributed by atoms with Crippen LogP contribution in [0, 0.1) is 0 Å². The number of carboxylic acid groups (broad SMARTS) is 1. The second-order valence-electron chi connectivity index (χ2n) is 7.90. The lowest BCUT2D eigenvalue weighted by atomic mass is 10.1. The number of carbonyl (C=O) groups is 1. The number of rotatable bonds is 12. The number of hydrogen-bond donors (Lipinski definition) is 5. The van der Waals surface area contributed by atoms with E-state index in [0.717, 1.165) is 24.2 Å². The van der Waals surface area contributed by atoms with Crippen molar-refractivity contribution in [2.75, 3.05) is 0 Å². The second-order valence-corrected chi connectivity index (χ2v) is 11.2. The van der Waals surface area contributed by atoms with Crippen LogP contribution in [-0.2, 0) is 28.9 Å². The molecular formula is C23H15ClN4O12S3. The molecule has 16 nitrogen and oxygen atoms in total. The molecule has 0 atom stereocenters. The van der Waals surface area contributed by atoms with Gasteiger partial charge in [0.15, 0.2) is 5.75 Å². The number of halogens is 1. The van der Waals surface area contributed by atoms with Gasteiger partial charge in [0.1, 0.15) is 16.3 Å². The van der Waals surface area contributed by atoms with Crippen LogP contribution < -0.4 is 0 Å². The fraction of sp³-hybridized carbons (Fsp3) is 0. The Morgan fingerprint density at radius 2 is 1.49 bits per heavy atom. The number of benzene rings is 4. The molecule has 43 heavy (non-hydrogen) atoms. The number of fused-ring (bicyclic) bond motifs is 1. The van der Waals surface area contributed by atoms with Gasteiger partial charge in [-0.05, 0) is 66.0 Å². The van der Waals surface area contributed by atoms with Gasteiger partial charge in [-0.1, -0.05) is 21.7 Å². The summed E-state index contributed by atoms with van der Waals surface area (Å²) in [5.41, 5.74) is -0.173. The summed E-state index contributed by atoms with van der Waals surface area (Å²) in [5.74, 6) is -1.95. The molecule has 0 saturated carbocycles. The maximum absolute atomic E-state index is 12.0. The Kier molecular flexibility index (Phi) is 10.6. The average Bonchev–Trinajstić information content (AvgIpc) is 2.97. The molecule has 4 aromatic carbocycles. The molecule has 0 aliphatic rings. The molecule has 0 heterocycles. The van der Waals surface area contributed by atoms with E-state index in [-0.39, 0.29) is 38.3 Å². The van der Waals surface area contributed by atoms with E-state index in [4.69, 9.17) is 22.1 Å². The maximum Gasteiger partial charge on any atom is 0.338 e. The minimum Gasteiger partial charge on any atom is -0.505 e. The standard InChI is InChI=1S/C23H15ClN4O12S3/c24-17-10-15-11(8-20(17)43(34,35)36)7-19(42-40-38-33)21(22(15)29)28-27-18-6-3-13(9-16(18)23(30)31)26-25-12-1-4-14(5-2-12)41-39-37-32/h1-10,29,32-33H,(H,30,31)(H,34,35,36). The van der Waals surface area contributed by atoms with E-state index in [1.165, 1.54) is 24.3 Å². The highest BCUT2D eigenvalue weighted by Gasteiger charge is 2.21. The molecule has 0 aliphatic heterocycles. The summed E-state index contributed by atoms with van der Waals surface area (Å²) in [4.78, 5) is 11.9. The molecule has 0 spiro atoms. The van der Waals surface area contributed by atoms with Gasteiger partial charge in [0, 0.05) is 10.3 Å².